The molecule has 2 saturated carbocycles. The Bertz CT molecular complexity index is 668. The van der Waals surface area contributed by atoms with Gasteiger partial charge in [0.1, 0.15) is 0 Å². The summed E-state index contributed by atoms with van der Waals surface area (Å²) in [6.45, 7) is 7.74. The molecule has 0 heterocycles. The van der Waals surface area contributed by atoms with E-state index in [0.717, 1.165) is 36.5 Å². The van der Waals surface area contributed by atoms with E-state index in [0.29, 0.717) is 10.8 Å². The minimum Gasteiger partial charge on any atom is -0.393 e. The number of hydrogen-bond acceptors (Lipinski definition) is 1. The van der Waals surface area contributed by atoms with Crippen LogP contribution in [0.1, 0.15) is 97.8 Å². The van der Waals surface area contributed by atoms with Crippen molar-refractivity contribution in [1.29, 1.82) is 0 Å². The average Bonchev–Trinajstić information content (AvgIpc) is 2.96. The van der Waals surface area contributed by atoms with E-state index in [-0.39, 0.29) is 6.10 Å². The molecule has 0 aromatic heterocycles. The van der Waals surface area contributed by atoms with Crippen molar-refractivity contribution in [2.45, 2.75) is 104 Å². The summed E-state index contributed by atoms with van der Waals surface area (Å²) in [6, 6.07) is 0. The van der Waals surface area contributed by atoms with Gasteiger partial charge in [0.05, 0.1) is 6.10 Å². The van der Waals surface area contributed by atoms with Crippen LogP contribution in [0.5, 0.6) is 0 Å². The Morgan fingerprint density at radius 2 is 1.89 bits per heavy atom. The first kappa shape index (κ1) is 18.5. The molecular formula is C26H40O. The van der Waals surface area contributed by atoms with E-state index < -0.39 is 0 Å². The van der Waals surface area contributed by atoms with E-state index >= 15 is 0 Å². The van der Waals surface area contributed by atoms with Gasteiger partial charge in [-0.3, -0.25) is 0 Å². The molecule has 5 rings (SSSR count). The van der Waals surface area contributed by atoms with E-state index in [2.05, 4.69) is 26.8 Å². The lowest BCUT2D eigenvalue weighted by molar-refractivity contribution is 0.0222. The Morgan fingerprint density at radius 3 is 2.63 bits per heavy atom. The first-order valence-electron chi connectivity index (χ1n) is 12.0. The monoisotopic (exact) mass is 368 g/mol. The molecule has 5 aliphatic rings. The summed E-state index contributed by atoms with van der Waals surface area (Å²) in [7, 11) is 0. The molecule has 0 saturated heterocycles. The zero-order valence-corrected chi connectivity index (χ0v) is 17.9. The van der Waals surface area contributed by atoms with E-state index in [9.17, 15) is 5.11 Å². The summed E-state index contributed by atoms with van der Waals surface area (Å²) in [5, 5.41) is 10.2. The molecular weight excluding hydrogens is 328 g/mol. The molecule has 1 nitrogen and oxygen atoms in total. The SMILES string of the molecule is CC(CC1CCC1)[C@H]1CC=C2C3=C(CC[C@@]21C)[C@@]1(C)CC[C@H](O)C[C@@H]1CC3. The number of fused-ring (bicyclic) bond motifs is 4. The number of aliphatic hydroxyl groups is 1. The number of rotatable bonds is 3. The molecule has 0 amide bonds. The molecule has 2 fully saturated rings. The fourth-order valence-electron chi connectivity index (χ4n) is 8.15. The van der Waals surface area contributed by atoms with Gasteiger partial charge in [0.2, 0.25) is 0 Å². The van der Waals surface area contributed by atoms with Crippen LogP contribution in [0.4, 0.5) is 0 Å². The van der Waals surface area contributed by atoms with Crippen LogP contribution >= 0.6 is 0 Å². The van der Waals surface area contributed by atoms with Crippen LogP contribution in [-0.4, -0.2) is 11.2 Å². The number of allylic oxidation sites excluding steroid dienone is 4. The van der Waals surface area contributed by atoms with Crippen LogP contribution in [0.3, 0.4) is 0 Å². The molecule has 1 unspecified atom stereocenters. The summed E-state index contributed by atoms with van der Waals surface area (Å²) in [4.78, 5) is 0. The fourth-order valence-corrected chi connectivity index (χ4v) is 8.15. The first-order chi connectivity index (χ1) is 12.9. The summed E-state index contributed by atoms with van der Waals surface area (Å²) in [6.07, 6.45) is 18.5. The van der Waals surface area contributed by atoms with Crippen LogP contribution < -0.4 is 0 Å². The van der Waals surface area contributed by atoms with Gasteiger partial charge in [0.15, 0.2) is 0 Å². The lowest BCUT2D eigenvalue weighted by Crippen LogP contribution is -2.44. The molecule has 0 aromatic rings. The fraction of sp³-hybridized carbons (Fsp3) is 0.846. The largest absolute Gasteiger partial charge is 0.393 e. The zero-order valence-electron chi connectivity index (χ0n) is 17.9. The van der Waals surface area contributed by atoms with Crippen LogP contribution in [0.2, 0.25) is 0 Å². The minimum atomic E-state index is -0.0403. The van der Waals surface area contributed by atoms with Crippen LogP contribution in [-0.2, 0) is 0 Å². The molecule has 6 atom stereocenters. The Labute approximate surface area is 166 Å². The smallest absolute Gasteiger partial charge is 0.0543 e. The molecule has 150 valence electrons. The average molecular weight is 369 g/mol. The highest BCUT2D eigenvalue weighted by molar-refractivity contribution is 5.49. The van der Waals surface area contributed by atoms with E-state index in [1.807, 2.05) is 5.57 Å². The van der Waals surface area contributed by atoms with Crippen molar-refractivity contribution < 1.29 is 5.11 Å². The van der Waals surface area contributed by atoms with Crippen LogP contribution in [0.15, 0.2) is 22.8 Å². The third-order valence-electron chi connectivity index (χ3n) is 10.1. The van der Waals surface area contributed by atoms with Gasteiger partial charge in [-0.05, 0) is 103 Å². The Balaban J connectivity index is 1.41. The molecule has 1 N–H and O–H groups in total. The summed E-state index contributed by atoms with van der Waals surface area (Å²) in [5.74, 6) is 3.52. The van der Waals surface area contributed by atoms with Crippen molar-refractivity contribution in [3.05, 3.63) is 22.8 Å². The highest BCUT2D eigenvalue weighted by atomic mass is 16.3. The van der Waals surface area contributed by atoms with Crippen molar-refractivity contribution in [2.75, 3.05) is 0 Å². The van der Waals surface area contributed by atoms with Gasteiger partial charge in [0, 0.05) is 0 Å². The molecule has 27 heavy (non-hydrogen) atoms. The molecule has 0 bridgehead atoms. The molecule has 0 radical (unpaired) electrons. The van der Waals surface area contributed by atoms with Gasteiger partial charge in [-0.2, -0.15) is 0 Å². The van der Waals surface area contributed by atoms with Crippen molar-refractivity contribution in [3.63, 3.8) is 0 Å². The molecule has 0 aliphatic heterocycles. The molecule has 5 aliphatic carbocycles. The van der Waals surface area contributed by atoms with E-state index in [1.165, 1.54) is 64.2 Å². The highest BCUT2D eigenvalue weighted by Crippen LogP contribution is 2.64. The maximum atomic E-state index is 10.2. The van der Waals surface area contributed by atoms with Gasteiger partial charge in [-0.15, -0.1) is 0 Å². The number of aliphatic hydroxyl groups excluding tert-OH is 1. The third kappa shape index (κ3) is 2.74. The summed E-state index contributed by atoms with van der Waals surface area (Å²) < 4.78 is 0. The highest BCUT2D eigenvalue weighted by Gasteiger charge is 2.53. The second kappa shape index (κ2) is 6.48. The van der Waals surface area contributed by atoms with Crippen LogP contribution in [0, 0.1) is 34.5 Å². The minimum absolute atomic E-state index is 0.0403. The normalized spacial score (nSPS) is 45.5. The molecule has 0 spiro atoms. The number of hydrogen-bond donors (Lipinski definition) is 1. The van der Waals surface area contributed by atoms with Gasteiger partial charge >= 0.3 is 0 Å². The Hall–Kier alpha value is -0.560. The zero-order chi connectivity index (χ0) is 18.8. The van der Waals surface area contributed by atoms with E-state index in [4.69, 9.17) is 0 Å². The first-order valence-corrected chi connectivity index (χ1v) is 12.0. The third-order valence-corrected chi connectivity index (χ3v) is 10.1. The van der Waals surface area contributed by atoms with Gasteiger partial charge in [0.25, 0.3) is 0 Å². The predicted molar refractivity (Wildman–Crippen MR) is 112 cm³/mol. The lowest BCUT2D eigenvalue weighted by Gasteiger charge is -2.54. The quantitative estimate of drug-likeness (QED) is 0.579. The summed E-state index contributed by atoms with van der Waals surface area (Å²) in [5.41, 5.74) is 6.21. The predicted octanol–water partition coefficient (Wildman–Crippen LogP) is 6.82. The Kier molecular flexibility index (Phi) is 4.43. The maximum absolute atomic E-state index is 10.2. The second-order valence-electron chi connectivity index (χ2n) is 11.4. The lowest BCUT2D eigenvalue weighted by atomic mass is 9.51. The van der Waals surface area contributed by atoms with Gasteiger partial charge < -0.3 is 5.11 Å². The summed E-state index contributed by atoms with van der Waals surface area (Å²) >= 11 is 0. The standard InChI is InChI=1S/C26H40O/c1-17(15-18-5-4-6-18)22-9-10-23-21-8-7-19-16-20(27)11-13-25(19,2)24(21)12-14-26(22,23)3/h10,17-20,22,27H,4-9,11-16H2,1-3H3/t17?,19-,20-,22+,25-,26+/m0/s1. The van der Waals surface area contributed by atoms with Crippen molar-refractivity contribution in [2.24, 2.45) is 34.5 Å². The van der Waals surface area contributed by atoms with E-state index in [1.54, 1.807) is 11.1 Å². The van der Waals surface area contributed by atoms with Gasteiger partial charge in [-0.25, -0.2) is 0 Å². The molecule has 1 heteroatoms. The topological polar surface area (TPSA) is 20.2 Å². The van der Waals surface area contributed by atoms with Gasteiger partial charge in [-0.1, -0.05) is 51.7 Å². The second-order valence-corrected chi connectivity index (χ2v) is 11.4. The van der Waals surface area contributed by atoms with Crippen LogP contribution in [0.25, 0.3) is 0 Å². The molecule has 0 aromatic carbocycles. The van der Waals surface area contributed by atoms with Crippen molar-refractivity contribution in [1.82, 2.24) is 0 Å². The maximum Gasteiger partial charge on any atom is 0.0543 e. The van der Waals surface area contributed by atoms with Crippen molar-refractivity contribution in [3.8, 4) is 0 Å². The van der Waals surface area contributed by atoms with Crippen molar-refractivity contribution >= 4 is 0 Å². The Morgan fingerprint density at radius 1 is 1.07 bits per heavy atom.